The van der Waals surface area contributed by atoms with Gasteiger partial charge in [0.15, 0.2) is 6.61 Å². The SMILES string of the molecule is Cc1ccc(C)c(NC(=O)COC(=O)C2C[C@H]3CCC[C@@H](C2)C32SCCS2)c1. The maximum atomic E-state index is 12.7. The Morgan fingerprint density at radius 2 is 1.82 bits per heavy atom. The van der Waals surface area contributed by atoms with Gasteiger partial charge in [0.05, 0.1) is 10.00 Å². The van der Waals surface area contributed by atoms with E-state index in [0.29, 0.717) is 15.9 Å². The van der Waals surface area contributed by atoms with Gasteiger partial charge in [-0.2, -0.15) is 0 Å². The first-order chi connectivity index (χ1) is 13.5. The molecule has 3 fully saturated rings. The molecule has 1 aromatic rings. The average molecular weight is 420 g/mol. The van der Waals surface area contributed by atoms with Crippen LogP contribution >= 0.6 is 23.5 Å². The summed E-state index contributed by atoms with van der Waals surface area (Å²) >= 11 is 4.28. The molecule has 3 atom stereocenters. The van der Waals surface area contributed by atoms with Gasteiger partial charge in [-0.15, -0.1) is 23.5 Å². The van der Waals surface area contributed by atoms with Crippen molar-refractivity contribution in [1.82, 2.24) is 0 Å². The maximum Gasteiger partial charge on any atom is 0.309 e. The predicted octanol–water partition coefficient (Wildman–Crippen LogP) is 4.79. The molecule has 6 heteroatoms. The summed E-state index contributed by atoms with van der Waals surface area (Å²) in [5.41, 5.74) is 2.87. The van der Waals surface area contributed by atoms with E-state index in [-0.39, 0.29) is 24.4 Å². The summed E-state index contributed by atoms with van der Waals surface area (Å²) in [5.74, 6) is 3.21. The third-order valence-electron chi connectivity index (χ3n) is 6.47. The van der Waals surface area contributed by atoms with Gasteiger partial charge >= 0.3 is 5.97 Å². The number of benzene rings is 1. The number of nitrogens with one attached hydrogen (secondary N) is 1. The van der Waals surface area contributed by atoms with Crippen LogP contribution in [0.15, 0.2) is 18.2 Å². The molecule has 1 amide bonds. The van der Waals surface area contributed by atoms with Crippen molar-refractivity contribution < 1.29 is 14.3 Å². The zero-order chi connectivity index (χ0) is 19.7. The normalized spacial score (nSPS) is 28.1. The Labute approximate surface area is 175 Å². The van der Waals surface area contributed by atoms with E-state index in [4.69, 9.17) is 4.74 Å². The molecule has 3 aliphatic rings. The van der Waals surface area contributed by atoms with Gasteiger partial charge in [0.2, 0.25) is 0 Å². The molecule has 2 aliphatic carbocycles. The molecular formula is C22H29NO3S2. The minimum absolute atomic E-state index is 0.0452. The second-order valence-electron chi connectivity index (χ2n) is 8.39. The number of thioether (sulfide) groups is 2. The van der Waals surface area contributed by atoms with Gasteiger partial charge in [-0.05, 0) is 68.6 Å². The fraction of sp³-hybridized carbons (Fsp3) is 0.636. The number of anilines is 1. The lowest BCUT2D eigenvalue weighted by Crippen LogP contribution is -2.48. The zero-order valence-electron chi connectivity index (χ0n) is 16.7. The highest BCUT2D eigenvalue weighted by Gasteiger charge is 2.55. The van der Waals surface area contributed by atoms with Crippen LogP contribution in [-0.4, -0.2) is 34.1 Å². The molecule has 1 saturated heterocycles. The molecule has 28 heavy (non-hydrogen) atoms. The topological polar surface area (TPSA) is 55.4 Å². The van der Waals surface area contributed by atoms with Gasteiger partial charge in [-0.3, -0.25) is 9.59 Å². The first-order valence-corrected chi connectivity index (χ1v) is 12.3. The Morgan fingerprint density at radius 3 is 2.50 bits per heavy atom. The molecule has 0 radical (unpaired) electrons. The molecule has 1 N–H and O–H groups in total. The van der Waals surface area contributed by atoms with Crippen molar-refractivity contribution in [3.05, 3.63) is 29.3 Å². The molecular weight excluding hydrogens is 390 g/mol. The number of hydrogen-bond acceptors (Lipinski definition) is 5. The molecule has 4 rings (SSSR count). The lowest BCUT2D eigenvalue weighted by molar-refractivity contribution is -0.154. The van der Waals surface area contributed by atoms with Crippen LogP contribution in [0.25, 0.3) is 0 Å². The van der Waals surface area contributed by atoms with Crippen molar-refractivity contribution in [2.45, 2.75) is 50.0 Å². The standard InChI is InChI=1S/C22H29NO3S2/c1-14-6-7-15(2)19(10-14)23-20(24)13-26-21(25)16-11-17-4-3-5-18(12-16)22(17)27-8-9-28-22/h6-7,10,16-18H,3-5,8-9,11-13H2,1-2H3,(H,23,24)/t16?,17-,18+. The van der Waals surface area contributed by atoms with Gasteiger partial charge < -0.3 is 10.1 Å². The number of rotatable bonds is 4. The van der Waals surface area contributed by atoms with Gasteiger partial charge in [-0.25, -0.2) is 0 Å². The second kappa shape index (κ2) is 8.31. The Morgan fingerprint density at radius 1 is 1.14 bits per heavy atom. The number of carbonyl (C=O) groups is 2. The Balaban J connectivity index is 1.32. The van der Waals surface area contributed by atoms with E-state index in [1.54, 1.807) is 0 Å². The van der Waals surface area contributed by atoms with E-state index in [0.717, 1.165) is 29.7 Å². The first-order valence-electron chi connectivity index (χ1n) is 10.3. The van der Waals surface area contributed by atoms with Crippen molar-refractivity contribution in [3.8, 4) is 0 Å². The van der Waals surface area contributed by atoms with Crippen LogP contribution in [0.5, 0.6) is 0 Å². The summed E-state index contributed by atoms with van der Waals surface area (Å²) in [6.07, 6.45) is 5.60. The van der Waals surface area contributed by atoms with Crippen molar-refractivity contribution >= 4 is 41.1 Å². The fourth-order valence-corrected chi connectivity index (χ4v) is 9.05. The van der Waals surface area contributed by atoms with Crippen LogP contribution in [0.1, 0.15) is 43.2 Å². The van der Waals surface area contributed by atoms with Crippen LogP contribution in [0, 0.1) is 31.6 Å². The molecule has 0 aromatic heterocycles. The summed E-state index contributed by atoms with van der Waals surface area (Å²) in [4.78, 5) is 25.0. The third-order valence-corrected chi connectivity index (χ3v) is 10.5. The fourth-order valence-electron chi connectivity index (χ4n) is 5.11. The highest BCUT2D eigenvalue weighted by atomic mass is 32.2. The number of aryl methyl sites for hydroxylation is 2. The molecule has 2 bridgehead atoms. The van der Waals surface area contributed by atoms with E-state index >= 15 is 0 Å². The number of ether oxygens (including phenoxy) is 1. The van der Waals surface area contributed by atoms with Gasteiger partial charge in [0, 0.05) is 17.2 Å². The summed E-state index contributed by atoms with van der Waals surface area (Å²) in [6, 6.07) is 5.93. The lowest BCUT2D eigenvalue weighted by atomic mass is 9.67. The van der Waals surface area contributed by atoms with E-state index in [9.17, 15) is 9.59 Å². The third kappa shape index (κ3) is 3.95. The molecule has 1 spiro atoms. The molecule has 4 nitrogen and oxygen atoms in total. The van der Waals surface area contributed by atoms with Crippen LogP contribution in [0.3, 0.4) is 0 Å². The lowest BCUT2D eigenvalue weighted by Gasteiger charge is -2.51. The Kier molecular flexibility index (Phi) is 5.98. The molecule has 1 aromatic carbocycles. The molecule has 152 valence electrons. The summed E-state index contributed by atoms with van der Waals surface area (Å²) in [7, 11) is 0. The summed E-state index contributed by atoms with van der Waals surface area (Å²) in [6.45, 7) is 3.74. The second-order valence-corrected chi connectivity index (χ2v) is 11.4. The highest BCUT2D eigenvalue weighted by Crippen LogP contribution is 2.64. The van der Waals surface area contributed by atoms with Gasteiger partial charge in [0.25, 0.3) is 5.91 Å². The number of hydrogen-bond donors (Lipinski definition) is 1. The van der Waals surface area contributed by atoms with Crippen LogP contribution in [0.4, 0.5) is 5.69 Å². The molecule has 1 unspecified atom stereocenters. The van der Waals surface area contributed by atoms with E-state index in [1.807, 2.05) is 32.0 Å². The monoisotopic (exact) mass is 419 g/mol. The average Bonchev–Trinajstić information content (AvgIpc) is 3.12. The van der Waals surface area contributed by atoms with E-state index < -0.39 is 0 Å². The predicted molar refractivity (Wildman–Crippen MR) is 117 cm³/mol. The minimum atomic E-state index is -0.267. The molecule has 1 aliphatic heterocycles. The van der Waals surface area contributed by atoms with Crippen LogP contribution in [-0.2, 0) is 14.3 Å². The first kappa shape index (κ1) is 20.1. The quantitative estimate of drug-likeness (QED) is 0.711. The van der Waals surface area contributed by atoms with Crippen LogP contribution < -0.4 is 5.32 Å². The van der Waals surface area contributed by atoms with E-state index in [2.05, 4.69) is 28.8 Å². The van der Waals surface area contributed by atoms with Gasteiger partial charge in [-0.1, -0.05) is 18.6 Å². The number of amides is 1. The molecule has 2 saturated carbocycles. The summed E-state index contributed by atoms with van der Waals surface area (Å²) < 4.78 is 5.79. The van der Waals surface area contributed by atoms with Crippen LogP contribution in [0.2, 0.25) is 0 Å². The molecule has 1 heterocycles. The largest absolute Gasteiger partial charge is 0.455 e. The minimum Gasteiger partial charge on any atom is -0.455 e. The zero-order valence-corrected chi connectivity index (χ0v) is 18.3. The van der Waals surface area contributed by atoms with Crippen molar-refractivity contribution in [2.75, 3.05) is 23.4 Å². The maximum absolute atomic E-state index is 12.7. The van der Waals surface area contributed by atoms with Crippen molar-refractivity contribution in [1.29, 1.82) is 0 Å². The van der Waals surface area contributed by atoms with Gasteiger partial charge in [0.1, 0.15) is 0 Å². The Bertz CT molecular complexity index is 744. The Hall–Kier alpha value is -1.14. The smallest absolute Gasteiger partial charge is 0.309 e. The van der Waals surface area contributed by atoms with Crippen molar-refractivity contribution in [3.63, 3.8) is 0 Å². The summed E-state index contributed by atoms with van der Waals surface area (Å²) in [5, 5.41) is 2.87. The van der Waals surface area contributed by atoms with Crippen molar-refractivity contribution in [2.24, 2.45) is 17.8 Å². The highest BCUT2D eigenvalue weighted by molar-refractivity contribution is 8.21. The number of carbonyl (C=O) groups excluding carboxylic acids is 2. The number of esters is 1. The van der Waals surface area contributed by atoms with E-state index in [1.165, 1.54) is 30.8 Å².